The molecule has 2 N–H and O–H groups in total. The number of anilines is 2. The third-order valence-corrected chi connectivity index (χ3v) is 4.02. The van der Waals surface area contributed by atoms with Crippen LogP contribution in [0.1, 0.15) is 13.8 Å². The van der Waals surface area contributed by atoms with Crippen LogP contribution >= 0.6 is 0 Å². The van der Waals surface area contributed by atoms with Crippen molar-refractivity contribution in [1.29, 1.82) is 0 Å². The Morgan fingerprint density at radius 3 is 2.46 bits per heavy atom. The first-order chi connectivity index (χ1) is 11.7. The van der Waals surface area contributed by atoms with Crippen LogP contribution in [-0.2, 0) is 0 Å². The van der Waals surface area contributed by atoms with Gasteiger partial charge in [-0.2, -0.15) is 0 Å². The van der Waals surface area contributed by atoms with E-state index >= 15 is 0 Å². The van der Waals surface area contributed by atoms with Gasteiger partial charge in [0.05, 0.1) is 11.2 Å². The lowest BCUT2D eigenvalue weighted by atomic mass is 10.2. The molecule has 3 rings (SSSR count). The van der Waals surface area contributed by atoms with E-state index in [0.717, 1.165) is 35.4 Å². The van der Waals surface area contributed by atoms with Crippen molar-refractivity contribution in [2.24, 2.45) is 10.2 Å². The zero-order chi connectivity index (χ0) is 16.9. The summed E-state index contributed by atoms with van der Waals surface area (Å²) in [4.78, 5) is 6.63. The average Bonchev–Trinajstić information content (AvgIpc) is 2.62. The van der Waals surface area contributed by atoms with Crippen LogP contribution in [0, 0.1) is 0 Å². The normalized spacial score (nSPS) is 11.2. The predicted octanol–water partition coefficient (Wildman–Crippen LogP) is 5.08. The molecule has 1 aromatic heterocycles. The van der Waals surface area contributed by atoms with E-state index in [1.807, 2.05) is 48.5 Å². The molecule has 2 aromatic carbocycles. The Hall–Kier alpha value is -2.95. The van der Waals surface area contributed by atoms with Crippen molar-refractivity contribution < 1.29 is 0 Å². The third-order valence-electron chi connectivity index (χ3n) is 4.02. The number of hydrogen-bond acceptors (Lipinski definition) is 5. The van der Waals surface area contributed by atoms with Gasteiger partial charge in [0.1, 0.15) is 11.4 Å². The van der Waals surface area contributed by atoms with Crippen molar-refractivity contribution in [2.75, 3.05) is 23.7 Å². The maximum Gasteiger partial charge on any atom is 0.112 e. The molecule has 0 aliphatic rings. The summed E-state index contributed by atoms with van der Waals surface area (Å²) in [5.41, 5.74) is 10.1. The second-order valence-corrected chi connectivity index (χ2v) is 5.47. The minimum Gasteiger partial charge on any atom is -0.397 e. The van der Waals surface area contributed by atoms with Crippen LogP contribution in [0.3, 0.4) is 0 Å². The molecule has 122 valence electrons. The SMILES string of the molecule is CCN(CC)c1ccc(N=Nc2cccc3cccnc23)c(N)c1. The molecule has 0 amide bonds. The smallest absolute Gasteiger partial charge is 0.112 e. The Morgan fingerprint density at radius 2 is 1.71 bits per heavy atom. The van der Waals surface area contributed by atoms with E-state index in [0.29, 0.717) is 11.4 Å². The molecule has 0 radical (unpaired) electrons. The van der Waals surface area contributed by atoms with Gasteiger partial charge in [0, 0.05) is 30.4 Å². The zero-order valence-corrected chi connectivity index (χ0v) is 14.0. The number of hydrogen-bond donors (Lipinski definition) is 1. The fourth-order valence-corrected chi connectivity index (χ4v) is 2.69. The number of rotatable bonds is 5. The number of azo groups is 1. The highest BCUT2D eigenvalue weighted by Crippen LogP contribution is 2.30. The molecule has 1 heterocycles. The second-order valence-electron chi connectivity index (χ2n) is 5.47. The number of aromatic nitrogens is 1. The number of pyridine rings is 1. The van der Waals surface area contributed by atoms with Gasteiger partial charge in [0.2, 0.25) is 0 Å². The fourth-order valence-electron chi connectivity index (χ4n) is 2.69. The maximum absolute atomic E-state index is 6.15. The van der Waals surface area contributed by atoms with Crippen LogP contribution in [0.5, 0.6) is 0 Å². The van der Waals surface area contributed by atoms with Gasteiger partial charge < -0.3 is 10.6 Å². The molecule has 0 atom stereocenters. The van der Waals surface area contributed by atoms with Crippen LogP contribution in [0.2, 0.25) is 0 Å². The van der Waals surface area contributed by atoms with Crippen molar-refractivity contribution in [3.8, 4) is 0 Å². The lowest BCUT2D eigenvalue weighted by Crippen LogP contribution is -2.21. The summed E-state index contributed by atoms with van der Waals surface area (Å²) >= 11 is 0. The van der Waals surface area contributed by atoms with Gasteiger partial charge in [-0.1, -0.05) is 18.2 Å². The van der Waals surface area contributed by atoms with Gasteiger partial charge in [-0.05, 0) is 44.2 Å². The van der Waals surface area contributed by atoms with Gasteiger partial charge in [0.15, 0.2) is 0 Å². The monoisotopic (exact) mass is 319 g/mol. The van der Waals surface area contributed by atoms with Crippen LogP contribution in [-0.4, -0.2) is 18.1 Å². The van der Waals surface area contributed by atoms with Crippen LogP contribution in [0.25, 0.3) is 10.9 Å². The molecule has 0 saturated heterocycles. The number of benzene rings is 2. The Labute approximate surface area is 141 Å². The largest absolute Gasteiger partial charge is 0.397 e. The molecule has 5 nitrogen and oxygen atoms in total. The van der Waals surface area contributed by atoms with Crippen molar-refractivity contribution in [3.63, 3.8) is 0 Å². The topological polar surface area (TPSA) is 66.9 Å². The minimum absolute atomic E-state index is 0.622. The lowest BCUT2D eigenvalue weighted by Gasteiger charge is -2.21. The molecule has 24 heavy (non-hydrogen) atoms. The van der Waals surface area contributed by atoms with E-state index < -0.39 is 0 Å². The summed E-state index contributed by atoms with van der Waals surface area (Å²) in [6.07, 6.45) is 1.76. The summed E-state index contributed by atoms with van der Waals surface area (Å²) in [7, 11) is 0. The number of nitrogen functional groups attached to an aromatic ring is 1. The van der Waals surface area contributed by atoms with Gasteiger partial charge >= 0.3 is 0 Å². The molecular weight excluding hydrogens is 298 g/mol. The summed E-state index contributed by atoms with van der Waals surface area (Å²) in [5.74, 6) is 0. The molecule has 0 bridgehead atoms. The molecule has 3 aromatic rings. The quantitative estimate of drug-likeness (QED) is 0.527. The van der Waals surface area contributed by atoms with E-state index in [1.165, 1.54) is 0 Å². The summed E-state index contributed by atoms with van der Waals surface area (Å²) in [6.45, 7) is 6.14. The van der Waals surface area contributed by atoms with E-state index in [9.17, 15) is 0 Å². The first-order valence-corrected chi connectivity index (χ1v) is 8.13. The summed E-state index contributed by atoms with van der Waals surface area (Å²) in [5, 5.41) is 9.71. The molecular formula is C19H21N5. The first kappa shape index (κ1) is 15.9. The van der Waals surface area contributed by atoms with E-state index in [4.69, 9.17) is 5.73 Å². The second kappa shape index (κ2) is 7.08. The van der Waals surface area contributed by atoms with Crippen molar-refractivity contribution >= 4 is 33.7 Å². The van der Waals surface area contributed by atoms with E-state index in [-0.39, 0.29) is 0 Å². The van der Waals surface area contributed by atoms with Crippen molar-refractivity contribution in [1.82, 2.24) is 4.98 Å². The molecule has 0 unspecified atom stereocenters. The molecule has 5 heteroatoms. The van der Waals surface area contributed by atoms with E-state index in [2.05, 4.69) is 34.0 Å². The number of para-hydroxylation sites is 1. The van der Waals surface area contributed by atoms with Gasteiger partial charge in [-0.25, -0.2) is 0 Å². The first-order valence-electron chi connectivity index (χ1n) is 8.13. The number of fused-ring (bicyclic) bond motifs is 1. The number of nitrogens with zero attached hydrogens (tertiary/aromatic N) is 4. The molecule has 0 spiro atoms. The standard InChI is InChI=1S/C19H21N5/c1-3-24(4-2)15-10-11-17(16(20)13-15)22-23-18-9-5-7-14-8-6-12-21-19(14)18/h5-13H,3-4,20H2,1-2H3. The molecule has 0 aliphatic carbocycles. The highest BCUT2D eigenvalue weighted by Gasteiger charge is 2.06. The third kappa shape index (κ3) is 3.20. The Morgan fingerprint density at radius 1 is 0.958 bits per heavy atom. The number of nitrogens with two attached hydrogens (primary N) is 1. The van der Waals surface area contributed by atoms with Gasteiger partial charge in [-0.3, -0.25) is 4.98 Å². The van der Waals surface area contributed by atoms with Crippen molar-refractivity contribution in [3.05, 3.63) is 54.7 Å². The minimum atomic E-state index is 0.622. The fraction of sp³-hybridized carbons (Fsp3) is 0.211. The zero-order valence-electron chi connectivity index (χ0n) is 14.0. The highest BCUT2D eigenvalue weighted by atomic mass is 15.1. The average molecular weight is 319 g/mol. The van der Waals surface area contributed by atoms with Crippen molar-refractivity contribution in [2.45, 2.75) is 13.8 Å². The lowest BCUT2D eigenvalue weighted by molar-refractivity contribution is 0.866. The summed E-state index contributed by atoms with van der Waals surface area (Å²) in [6, 6.07) is 15.7. The Bertz CT molecular complexity index is 863. The molecule has 0 saturated carbocycles. The van der Waals surface area contributed by atoms with Crippen LogP contribution in [0.4, 0.5) is 22.7 Å². The van der Waals surface area contributed by atoms with E-state index in [1.54, 1.807) is 6.20 Å². The summed E-state index contributed by atoms with van der Waals surface area (Å²) < 4.78 is 0. The van der Waals surface area contributed by atoms with Crippen LogP contribution < -0.4 is 10.6 Å². The maximum atomic E-state index is 6.15. The Balaban J connectivity index is 1.91. The van der Waals surface area contributed by atoms with Gasteiger partial charge in [0.25, 0.3) is 0 Å². The Kier molecular flexibility index (Phi) is 4.70. The predicted molar refractivity (Wildman–Crippen MR) is 100 cm³/mol. The molecule has 0 aliphatic heterocycles. The molecule has 0 fully saturated rings. The highest BCUT2D eigenvalue weighted by molar-refractivity contribution is 5.88. The van der Waals surface area contributed by atoms with Crippen LogP contribution in [0.15, 0.2) is 65.0 Å². The van der Waals surface area contributed by atoms with Gasteiger partial charge in [-0.15, -0.1) is 10.2 Å².